The summed E-state index contributed by atoms with van der Waals surface area (Å²) < 4.78 is 4.62. The Labute approximate surface area is 109 Å². The van der Waals surface area contributed by atoms with E-state index in [4.69, 9.17) is 4.74 Å². The van der Waals surface area contributed by atoms with Crippen molar-refractivity contribution in [1.29, 1.82) is 0 Å². The Morgan fingerprint density at radius 2 is 2.11 bits per heavy atom. The number of methoxy groups -OCH3 is 1. The molecule has 0 saturated carbocycles. The van der Waals surface area contributed by atoms with Crippen molar-refractivity contribution in [2.24, 2.45) is 0 Å². The second-order valence-electron chi connectivity index (χ2n) is 5.20. The van der Waals surface area contributed by atoms with E-state index in [1.807, 2.05) is 0 Å². The van der Waals surface area contributed by atoms with Gasteiger partial charge in [0.2, 0.25) is 5.60 Å². The van der Waals surface area contributed by atoms with E-state index in [1.54, 1.807) is 13.8 Å². The maximum absolute atomic E-state index is 12.2. The molecule has 18 heavy (non-hydrogen) atoms. The highest BCUT2D eigenvalue weighted by Crippen LogP contribution is 2.56. The summed E-state index contributed by atoms with van der Waals surface area (Å²) >= 11 is 1.36. The van der Waals surface area contributed by atoms with Crippen LogP contribution in [0.4, 0.5) is 0 Å². The molecule has 6 nitrogen and oxygen atoms in total. The molecule has 2 fully saturated rings. The fourth-order valence-electron chi connectivity index (χ4n) is 2.80. The van der Waals surface area contributed by atoms with Gasteiger partial charge in [0.25, 0.3) is 5.91 Å². The van der Waals surface area contributed by atoms with E-state index in [2.05, 4.69) is 0 Å². The third-order valence-corrected chi connectivity index (χ3v) is 5.36. The lowest BCUT2D eigenvalue weighted by Gasteiger charge is -2.53. The van der Waals surface area contributed by atoms with Gasteiger partial charge in [-0.15, -0.1) is 11.8 Å². The van der Waals surface area contributed by atoms with Gasteiger partial charge in [0, 0.05) is 11.9 Å². The number of β-lactam (4-membered cyclic amide) rings is 1. The standard InChI is InChI=1S/C11H17NO5S/c1-5(13)11(17-4)8(16)12-6(7(14)15)10(2,3)18-9(11)12/h5-6,9,13H,1-4H3,(H,14,15)/t5?,6-,9+,11+/m0/s1. The summed E-state index contributed by atoms with van der Waals surface area (Å²) in [6.07, 6.45) is -0.980. The zero-order valence-corrected chi connectivity index (χ0v) is 11.5. The van der Waals surface area contributed by atoms with E-state index in [1.165, 1.54) is 30.7 Å². The molecular formula is C11H17NO5S. The third kappa shape index (κ3) is 1.38. The number of carboxylic acid groups (broad SMARTS) is 1. The molecule has 7 heteroatoms. The first kappa shape index (κ1) is 13.6. The maximum atomic E-state index is 12.2. The number of aliphatic carboxylic acids is 1. The lowest BCUT2D eigenvalue weighted by Crippen LogP contribution is -2.77. The molecule has 2 aliphatic rings. The molecule has 2 aliphatic heterocycles. The monoisotopic (exact) mass is 275 g/mol. The zero-order chi connectivity index (χ0) is 13.9. The third-order valence-electron chi connectivity index (χ3n) is 3.73. The molecule has 2 rings (SSSR count). The van der Waals surface area contributed by atoms with Crippen LogP contribution in [0.3, 0.4) is 0 Å². The van der Waals surface area contributed by atoms with Gasteiger partial charge >= 0.3 is 5.97 Å². The summed E-state index contributed by atoms with van der Waals surface area (Å²) in [4.78, 5) is 24.8. The predicted octanol–water partition coefficient (Wildman–Crippen LogP) is -0.101. The van der Waals surface area contributed by atoms with Gasteiger partial charge in [-0.2, -0.15) is 0 Å². The molecule has 0 spiro atoms. The van der Waals surface area contributed by atoms with Crippen LogP contribution in [0.25, 0.3) is 0 Å². The van der Waals surface area contributed by atoms with Gasteiger partial charge in [0.05, 0.1) is 6.10 Å². The van der Waals surface area contributed by atoms with E-state index >= 15 is 0 Å². The quantitative estimate of drug-likeness (QED) is 0.699. The van der Waals surface area contributed by atoms with Gasteiger partial charge in [-0.1, -0.05) is 0 Å². The second kappa shape index (κ2) is 3.85. The van der Waals surface area contributed by atoms with Gasteiger partial charge in [-0.25, -0.2) is 4.79 Å². The fraction of sp³-hybridized carbons (Fsp3) is 0.818. The summed E-state index contributed by atoms with van der Waals surface area (Å²) in [7, 11) is 1.36. The van der Waals surface area contributed by atoms with E-state index in [9.17, 15) is 19.8 Å². The highest BCUT2D eigenvalue weighted by molar-refractivity contribution is 8.01. The fourth-order valence-corrected chi connectivity index (χ4v) is 4.62. The van der Waals surface area contributed by atoms with Gasteiger partial charge in [-0.3, -0.25) is 4.79 Å². The summed E-state index contributed by atoms with van der Waals surface area (Å²) in [5.74, 6) is -1.48. The number of aliphatic hydroxyl groups excluding tert-OH is 1. The Hall–Kier alpha value is -0.790. The summed E-state index contributed by atoms with van der Waals surface area (Å²) in [5, 5.41) is 18.6. The first-order chi connectivity index (χ1) is 8.20. The molecule has 0 aromatic heterocycles. The number of ether oxygens (including phenoxy) is 1. The minimum absolute atomic E-state index is 0.449. The van der Waals surface area contributed by atoms with Crippen LogP contribution in [-0.4, -0.2) is 62.0 Å². The molecule has 0 radical (unpaired) electrons. The van der Waals surface area contributed by atoms with Crippen LogP contribution >= 0.6 is 11.8 Å². The molecule has 2 heterocycles. The maximum Gasteiger partial charge on any atom is 0.327 e. The number of fused-ring (bicyclic) bond motifs is 1. The Morgan fingerprint density at radius 3 is 2.50 bits per heavy atom. The summed E-state index contributed by atoms with van der Waals surface area (Å²) in [6, 6.07) is -0.887. The Kier molecular flexibility index (Phi) is 2.92. The van der Waals surface area contributed by atoms with E-state index in [0.717, 1.165) is 0 Å². The summed E-state index contributed by atoms with van der Waals surface area (Å²) in [6.45, 7) is 5.05. The summed E-state index contributed by atoms with van der Waals surface area (Å²) in [5.41, 5.74) is -1.31. The van der Waals surface area contributed by atoms with Crippen LogP contribution in [0.1, 0.15) is 20.8 Å². The first-order valence-corrected chi connectivity index (χ1v) is 6.54. The molecule has 102 valence electrons. The van der Waals surface area contributed by atoms with Crippen molar-refractivity contribution >= 4 is 23.6 Å². The van der Waals surface area contributed by atoms with E-state index in [-0.39, 0.29) is 0 Å². The number of carbonyl (C=O) groups is 2. The zero-order valence-electron chi connectivity index (χ0n) is 10.7. The molecule has 0 aliphatic carbocycles. The van der Waals surface area contributed by atoms with Crippen molar-refractivity contribution in [2.45, 2.75) is 48.6 Å². The van der Waals surface area contributed by atoms with Gasteiger partial charge < -0.3 is 19.8 Å². The Morgan fingerprint density at radius 1 is 1.56 bits per heavy atom. The van der Waals surface area contributed by atoms with Crippen LogP contribution in [-0.2, 0) is 14.3 Å². The number of aliphatic hydroxyl groups is 1. The Balaban J connectivity index is 2.40. The topological polar surface area (TPSA) is 87.1 Å². The molecular weight excluding hydrogens is 258 g/mol. The lowest BCUT2D eigenvalue weighted by molar-refractivity contribution is -0.211. The molecule has 2 N–H and O–H groups in total. The minimum Gasteiger partial charge on any atom is -0.480 e. The molecule has 1 amide bonds. The predicted molar refractivity (Wildman–Crippen MR) is 65.1 cm³/mol. The molecule has 4 atom stereocenters. The van der Waals surface area contributed by atoms with Crippen molar-refractivity contribution in [3.05, 3.63) is 0 Å². The molecule has 0 bridgehead atoms. The van der Waals surface area contributed by atoms with Crippen molar-refractivity contribution in [1.82, 2.24) is 4.90 Å². The van der Waals surface area contributed by atoms with E-state index < -0.39 is 39.7 Å². The van der Waals surface area contributed by atoms with Crippen molar-refractivity contribution in [3.63, 3.8) is 0 Å². The van der Waals surface area contributed by atoms with Gasteiger partial charge in [0.15, 0.2) is 0 Å². The largest absolute Gasteiger partial charge is 0.480 e. The van der Waals surface area contributed by atoms with Crippen LogP contribution < -0.4 is 0 Å². The van der Waals surface area contributed by atoms with Crippen LogP contribution in [0, 0.1) is 0 Å². The van der Waals surface area contributed by atoms with Crippen LogP contribution in [0.2, 0.25) is 0 Å². The number of carbonyl (C=O) groups excluding carboxylic acids is 1. The highest BCUT2D eigenvalue weighted by atomic mass is 32.2. The van der Waals surface area contributed by atoms with Crippen molar-refractivity contribution in [2.75, 3.05) is 7.11 Å². The molecule has 0 aromatic rings. The molecule has 1 unspecified atom stereocenters. The minimum atomic E-state index is -1.31. The molecule has 0 aromatic carbocycles. The van der Waals surface area contributed by atoms with Crippen LogP contribution in [0.5, 0.6) is 0 Å². The van der Waals surface area contributed by atoms with Gasteiger partial charge in [0.1, 0.15) is 11.4 Å². The number of carboxylic acids is 1. The average molecular weight is 275 g/mol. The number of nitrogens with zero attached hydrogens (tertiary/aromatic N) is 1. The van der Waals surface area contributed by atoms with Gasteiger partial charge in [-0.05, 0) is 20.8 Å². The van der Waals surface area contributed by atoms with Crippen molar-refractivity contribution < 1.29 is 24.5 Å². The van der Waals surface area contributed by atoms with Crippen molar-refractivity contribution in [3.8, 4) is 0 Å². The van der Waals surface area contributed by atoms with E-state index in [0.29, 0.717) is 0 Å². The normalized spacial score (nSPS) is 39.2. The first-order valence-electron chi connectivity index (χ1n) is 5.66. The Bertz CT molecular complexity index is 410. The number of hydrogen-bond acceptors (Lipinski definition) is 5. The smallest absolute Gasteiger partial charge is 0.327 e. The highest BCUT2D eigenvalue weighted by Gasteiger charge is 2.73. The number of hydrogen-bond donors (Lipinski definition) is 2. The molecule has 2 saturated heterocycles. The number of thioether (sulfide) groups is 1. The van der Waals surface area contributed by atoms with Crippen LogP contribution in [0.15, 0.2) is 0 Å². The average Bonchev–Trinajstić information content (AvgIpc) is 2.48. The number of amides is 1. The number of rotatable bonds is 3. The lowest BCUT2D eigenvalue weighted by atomic mass is 9.83. The second-order valence-corrected chi connectivity index (χ2v) is 6.93. The SMILES string of the molecule is CO[C@]1(C(C)O)C(=O)N2[C@@H](C(=O)O)C(C)(C)S[C@@H]21.